The maximum absolute atomic E-state index is 13.2. The molecule has 1 rings (SSSR count). The Bertz CT molecular complexity index is 446. The summed E-state index contributed by atoms with van der Waals surface area (Å²) in [7, 11) is 0. The molecule has 0 aliphatic rings. The van der Waals surface area contributed by atoms with E-state index in [4.69, 9.17) is 15.9 Å². The van der Waals surface area contributed by atoms with E-state index in [1.54, 1.807) is 13.8 Å². The fraction of sp³-hybridized carbons (Fsp3) is 0.273. The van der Waals surface area contributed by atoms with Gasteiger partial charge in [0.25, 0.3) is 0 Å². The van der Waals surface area contributed by atoms with Crippen molar-refractivity contribution >= 4 is 17.6 Å². The molecule has 0 saturated heterocycles. The van der Waals surface area contributed by atoms with Crippen molar-refractivity contribution in [1.82, 2.24) is 0 Å². The van der Waals surface area contributed by atoms with Crippen LogP contribution in [0.4, 0.5) is 14.9 Å². The molecular formula is C11H14FN3O2. The maximum atomic E-state index is 13.2. The minimum absolute atomic E-state index is 0.0626. The fourth-order valence-corrected chi connectivity index (χ4v) is 1.17. The highest BCUT2D eigenvalue weighted by atomic mass is 19.1. The van der Waals surface area contributed by atoms with Crippen molar-refractivity contribution in [3.63, 3.8) is 0 Å². The van der Waals surface area contributed by atoms with Gasteiger partial charge in [-0.2, -0.15) is 0 Å². The van der Waals surface area contributed by atoms with Crippen molar-refractivity contribution in [1.29, 1.82) is 5.41 Å². The van der Waals surface area contributed by atoms with Crippen molar-refractivity contribution in [3.8, 4) is 0 Å². The molecule has 0 aliphatic heterocycles. The molecular weight excluding hydrogens is 225 g/mol. The summed E-state index contributed by atoms with van der Waals surface area (Å²) in [5, 5.41) is 9.58. The van der Waals surface area contributed by atoms with Crippen LogP contribution in [-0.2, 0) is 4.74 Å². The molecule has 17 heavy (non-hydrogen) atoms. The number of ether oxygens (including phenoxy) is 1. The maximum Gasteiger partial charge on any atom is 0.411 e. The first-order valence-corrected chi connectivity index (χ1v) is 5.01. The summed E-state index contributed by atoms with van der Waals surface area (Å²) >= 11 is 0. The Hall–Kier alpha value is -2.11. The van der Waals surface area contributed by atoms with Gasteiger partial charge in [0.2, 0.25) is 0 Å². The van der Waals surface area contributed by atoms with E-state index < -0.39 is 17.7 Å². The summed E-state index contributed by atoms with van der Waals surface area (Å²) in [6.07, 6.45) is -0.885. The molecule has 0 radical (unpaired) electrons. The monoisotopic (exact) mass is 239 g/mol. The highest BCUT2D eigenvalue weighted by molar-refractivity contribution is 5.97. The minimum Gasteiger partial charge on any atom is -0.447 e. The molecule has 0 fully saturated rings. The Balaban J connectivity index is 2.82. The number of nitrogens with one attached hydrogen (secondary N) is 2. The quantitative estimate of drug-likeness (QED) is 0.557. The van der Waals surface area contributed by atoms with Gasteiger partial charge in [0.15, 0.2) is 0 Å². The smallest absolute Gasteiger partial charge is 0.411 e. The third-order valence-corrected chi connectivity index (χ3v) is 1.85. The predicted octanol–water partition coefficient (Wildman–Crippen LogP) is 2.07. The lowest BCUT2D eigenvalue weighted by Crippen LogP contribution is -2.19. The summed E-state index contributed by atoms with van der Waals surface area (Å²) in [6.45, 7) is 3.43. The Morgan fingerprint density at radius 1 is 1.53 bits per heavy atom. The van der Waals surface area contributed by atoms with Crippen molar-refractivity contribution in [3.05, 3.63) is 29.6 Å². The van der Waals surface area contributed by atoms with Gasteiger partial charge in [-0.05, 0) is 32.0 Å². The lowest BCUT2D eigenvalue weighted by atomic mass is 10.1. The van der Waals surface area contributed by atoms with Crippen LogP contribution in [0.25, 0.3) is 0 Å². The number of nitrogens with two attached hydrogens (primary N) is 1. The summed E-state index contributed by atoms with van der Waals surface area (Å²) in [5.41, 5.74) is 5.45. The van der Waals surface area contributed by atoms with E-state index in [9.17, 15) is 9.18 Å². The topological polar surface area (TPSA) is 88.2 Å². The van der Waals surface area contributed by atoms with Gasteiger partial charge in [-0.15, -0.1) is 0 Å². The van der Waals surface area contributed by atoms with Crippen LogP contribution in [0, 0.1) is 11.2 Å². The van der Waals surface area contributed by atoms with Crippen LogP contribution in [-0.4, -0.2) is 18.0 Å². The molecule has 0 aliphatic carbocycles. The summed E-state index contributed by atoms with van der Waals surface area (Å²) < 4.78 is 18.1. The lowest BCUT2D eigenvalue weighted by molar-refractivity contribution is 0.130. The molecule has 5 nitrogen and oxygen atoms in total. The minimum atomic E-state index is -0.638. The Morgan fingerprint density at radius 2 is 2.18 bits per heavy atom. The summed E-state index contributed by atoms with van der Waals surface area (Å²) in [4.78, 5) is 11.3. The number of hydrogen-bond acceptors (Lipinski definition) is 3. The number of hydrogen-bond donors (Lipinski definition) is 3. The number of benzene rings is 1. The van der Waals surface area contributed by atoms with E-state index in [0.717, 1.165) is 6.07 Å². The Labute approximate surface area is 98.3 Å². The van der Waals surface area contributed by atoms with Gasteiger partial charge in [-0.1, -0.05) is 0 Å². The summed E-state index contributed by atoms with van der Waals surface area (Å²) in [6, 6.07) is 3.77. The first kappa shape index (κ1) is 13.0. The average molecular weight is 239 g/mol. The average Bonchev–Trinajstić information content (AvgIpc) is 2.19. The van der Waals surface area contributed by atoms with Crippen LogP contribution < -0.4 is 11.1 Å². The molecule has 0 aromatic heterocycles. The molecule has 1 aromatic rings. The zero-order valence-corrected chi connectivity index (χ0v) is 9.58. The SMILES string of the molecule is CC(C)OC(=O)Nc1ccc(F)c(C(=N)N)c1. The van der Waals surface area contributed by atoms with E-state index in [1.165, 1.54) is 12.1 Å². The number of amides is 1. The standard InChI is InChI=1S/C11H14FN3O2/c1-6(2)17-11(16)15-7-3-4-9(12)8(5-7)10(13)14/h3-6H,1-2H3,(H3,13,14)(H,15,16). The van der Waals surface area contributed by atoms with Crippen molar-refractivity contribution < 1.29 is 13.9 Å². The first-order valence-electron chi connectivity index (χ1n) is 5.01. The molecule has 92 valence electrons. The highest BCUT2D eigenvalue weighted by Crippen LogP contribution is 2.14. The van der Waals surface area contributed by atoms with Crippen LogP contribution in [0.5, 0.6) is 0 Å². The number of anilines is 1. The highest BCUT2D eigenvalue weighted by Gasteiger charge is 2.09. The lowest BCUT2D eigenvalue weighted by Gasteiger charge is -2.10. The number of carbonyl (C=O) groups is 1. The van der Waals surface area contributed by atoms with Crippen LogP contribution in [0.3, 0.4) is 0 Å². The van der Waals surface area contributed by atoms with Gasteiger partial charge in [-0.25, -0.2) is 9.18 Å². The van der Waals surface area contributed by atoms with E-state index >= 15 is 0 Å². The normalized spacial score (nSPS) is 10.1. The van der Waals surface area contributed by atoms with Crippen LogP contribution >= 0.6 is 0 Å². The number of nitrogen functional groups attached to an aromatic ring is 1. The zero-order valence-electron chi connectivity index (χ0n) is 9.58. The van der Waals surface area contributed by atoms with Crippen molar-refractivity contribution in [2.75, 3.05) is 5.32 Å². The number of amidine groups is 1. The molecule has 0 atom stereocenters. The zero-order chi connectivity index (χ0) is 13.0. The van der Waals surface area contributed by atoms with Gasteiger partial charge in [0.1, 0.15) is 11.7 Å². The van der Waals surface area contributed by atoms with Crippen LogP contribution in [0.15, 0.2) is 18.2 Å². The van der Waals surface area contributed by atoms with Gasteiger partial charge in [0, 0.05) is 5.69 Å². The third kappa shape index (κ3) is 3.75. The van der Waals surface area contributed by atoms with Gasteiger partial charge in [0.05, 0.1) is 11.7 Å². The largest absolute Gasteiger partial charge is 0.447 e. The first-order chi connectivity index (χ1) is 7.90. The number of carbonyl (C=O) groups excluding carboxylic acids is 1. The van der Waals surface area contributed by atoms with Crippen LogP contribution in [0.2, 0.25) is 0 Å². The van der Waals surface area contributed by atoms with Gasteiger partial charge < -0.3 is 10.5 Å². The Morgan fingerprint density at radius 3 is 2.71 bits per heavy atom. The molecule has 0 unspecified atom stereocenters. The van der Waals surface area contributed by atoms with Gasteiger partial charge in [-0.3, -0.25) is 10.7 Å². The molecule has 6 heteroatoms. The second-order valence-corrected chi connectivity index (χ2v) is 3.69. The van der Waals surface area contributed by atoms with Crippen LogP contribution in [0.1, 0.15) is 19.4 Å². The second-order valence-electron chi connectivity index (χ2n) is 3.69. The van der Waals surface area contributed by atoms with E-state index in [-0.39, 0.29) is 11.7 Å². The van der Waals surface area contributed by atoms with E-state index in [1.807, 2.05) is 0 Å². The molecule has 0 heterocycles. The third-order valence-electron chi connectivity index (χ3n) is 1.85. The molecule has 0 saturated carbocycles. The second kappa shape index (κ2) is 5.29. The molecule has 0 spiro atoms. The predicted molar refractivity (Wildman–Crippen MR) is 62.7 cm³/mol. The van der Waals surface area contributed by atoms with E-state index in [2.05, 4.69) is 5.32 Å². The summed E-state index contributed by atoms with van der Waals surface area (Å²) in [5.74, 6) is -1.01. The van der Waals surface area contributed by atoms with Crippen molar-refractivity contribution in [2.24, 2.45) is 5.73 Å². The molecule has 0 bridgehead atoms. The number of halogens is 1. The number of rotatable bonds is 3. The fourth-order valence-electron chi connectivity index (χ4n) is 1.17. The van der Waals surface area contributed by atoms with Gasteiger partial charge >= 0.3 is 6.09 Å². The van der Waals surface area contributed by atoms with Crippen molar-refractivity contribution in [2.45, 2.75) is 20.0 Å². The Kier molecular flexibility index (Phi) is 4.03. The molecule has 1 amide bonds. The molecule has 4 N–H and O–H groups in total. The van der Waals surface area contributed by atoms with E-state index in [0.29, 0.717) is 5.69 Å². The molecule has 1 aromatic carbocycles.